The molecule has 0 saturated heterocycles. The minimum Gasteiger partial charge on any atom is -0.0854 e. The molecule has 0 atom stereocenters. The van der Waals surface area contributed by atoms with Crippen LogP contribution in [0.1, 0.15) is 5.56 Å². The lowest BCUT2D eigenvalue weighted by Crippen LogP contribution is -2.37. The first-order valence-corrected chi connectivity index (χ1v) is 5.75. The third kappa shape index (κ3) is 2.85. The van der Waals surface area contributed by atoms with Gasteiger partial charge in [-0.1, -0.05) is 45.6 Å². The Labute approximate surface area is 108 Å². The molecule has 0 amide bonds. The van der Waals surface area contributed by atoms with Crippen LogP contribution in [0.4, 0.5) is 0 Å². The molecule has 82 valence electrons. The Balaban J connectivity index is 2.24. The number of nitrogens with zero attached hydrogens (tertiary/aromatic N) is 2. The van der Waals surface area contributed by atoms with Crippen molar-refractivity contribution in [3.8, 4) is 0 Å². The molecule has 1 aromatic heterocycles. The van der Waals surface area contributed by atoms with E-state index in [-0.39, 0.29) is 0 Å². The van der Waals surface area contributed by atoms with Gasteiger partial charge in [-0.25, -0.2) is 0 Å². The van der Waals surface area contributed by atoms with Crippen molar-refractivity contribution in [3.05, 3.63) is 57.3 Å². The fraction of sp³-hybridized carbons (Fsp3) is 0.0909. The molecule has 0 aliphatic heterocycles. The first-order valence-electron chi connectivity index (χ1n) is 4.61. The van der Waals surface area contributed by atoms with Gasteiger partial charge >= 0.3 is 0 Å². The largest absolute Gasteiger partial charge is 0.199 e. The summed E-state index contributed by atoms with van der Waals surface area (Å²) in [4.78, 5) is 0. The number of hydrogen-bond acceptors (Lipinski definition) is 1. The maximum Gasteiger partial charge on any atom is 0.199 e. The number of hydrogen-bond donors (Lipinski definition) is 0. The molecule has 2 aromatic rings. The second-order valence-electron chi connectivity index (χ2n) is 3.28. The molecule has 0 spiro atoms. The number of rotatable bonds is 2. The molecule has 0 bridgehead atoms. The van der Waals surface area contributed by atoms with E-state index in [1.807, 2.05) is 24.4 Å². The monoisotopic (exact) mass is 273 g/mol. The van der Waals surface area contributed by atoms with Gasteiger partial charge in [0, 0.05) is 16.7 Å². The zero-order chi connectivity index (χ0) is 11.5. The molecule has 0 fully saturated rings. The van der Waals surface area contributed by atoms with Crippen molar-refractivity contribution in [2.45, 2.75) is 6.54 Å². The van der Waals surface area contributed by atoms with Crippen LogP contribution in [0, 0.1) is 0 Å². The summed E-state index contributed by atoms with van der Waals surface area (Å²) in [6, 6.07) is 9.06. The predicted octanol–water partition coefficient (Wildman–Crippen LogP) is 3.38. The van der Waals surface area contributed by atoms with Crippen LogP contribution in [0.2, 0.25) is 15.2 Å². The van der Waals surface area contributed by atoms with Crippen molar-refractivity contribution in [1.82, 2.24) is 5.10 Å². The van der Waals surface area contributed by atoms with E-state index in [9.17, 15) is 0 Å². The minimum atomic E-state index is 0.461. The Morgan fingerprint density at radius 1 is 1.06 bits per heavy atom. The maximum absolute atomic E-state index is 5.92. The lowest BCUT2D eigenvalue weighted by atomic mass is 10.2. The summed E-state index contributed by atoms with van der Waals surface area (Å²) in [5, 5.41) is 5.68. The smallest absolute Gasteiger partial charge is 0.0854 e. The van der Waals surface area contributed by atoms with Crippen molar-refractivity contribution < 1.29 is 4.68 Å². The fourth-order valence-corrected chi connectivity index (χ4v) is 1.81. The Hall–Kier alpha value is -0.830. The molecule has 0 N–H and O–H groups in total. The van der Waals surface area contributed by atoms with Crippen molar-refractivity contribution in [1.29, 1.82) is 0 Å². The predicted molar refractivity (Wildman–Crippen MR) is 65.0 cm³/mol. The minimum absolute atomic E-state index is 0.461. The average molecular weight is 275 g/mol. The SMILES string of the molecule is Clc1ccc[n+](Cc2ccc(Cl)c(Cl)c2)n1. The van der Waals surface area contributed by atoms with Gasteiger partial charge in [-0.2, -0.15) is 0 Å². The highest BCUT2D eigenvalue weighted by molar-refractivity contribution is 6.42. The van der Waals surface area contributed by atoms with Crippen LogP contribution < -0.4 is 4.68 Å². The number of benzene rings is 1. The van der Waals surface area contributed by atoms with Crippen molar-refractivity contribution in [3.63, 3.8) is 0 Å². The van der Waals surface area contributed by atoms with Crippen molar-refractivity contribution in [2.24, 2.45) is 0 Å². The van der Waals surface area contributed by atoms with Gasteiger partial charge in [0.05, 0.1) is 10.0 Å². The third-order valence-corrected chi connectivity index (χ3v) is 2.99. The Morgan fingerprint density at radius 2 is 1.88 bits per heavy atom. The lowest BCUT2D eigenvalue weighted by molar-refractivity contribution is -0.746. The van der Waals surface area contributed by atoms with Gasteiger partial charge in [0.2, 0.25) is 0 Å². The van der Waals surface area contributed by atoms with Gasteiger partial charge in [-0.15, -0.1) is 0 Å². The van der Waals surface area contributed by atoms with E-state index in [2.05, 4.69) is 5.10 Å². The van der Waals surface area contributed by atoms with Gasteiger partial charge in [-0.3, -0.25) is 0 Å². The van der Waals surface area contributed by atoms with E-state index < -0.39 is 0 Å². The third-order valence-electron chi connectivity index (χ3n) is 2.04. The Kier molecular flexibility index (Phi) is 3.64. The second kappa shape index (κ2) is 5.00. The zero-order valence-corrected chi connectivity index (χ0v) is 10.5. The van der Waals surface area contributed by atoms with Crippen molar-refractivity contribution >= 4 is 34.8 Å². The summed E-state index contributed by atoms with van der Waals surface area (Å²) in [6.45, 7) is 0.609. The quantitative estimate of drug-likeness (QED) is 0.767. The highest BCUT2D eigenvalue weighted by atomic mass is 35.5. The van der Waals surface area contributed by atoms with E-state index in [0.29, 0.717) is 21.7 Å². The molecule has 0 radical (unpaired) electrons. The summed E-state index contributed by atoms with van der Waals surface area (Å²) in [5.74, 6) is 0. The molecular formula is C11H8Cl3N2+. The number of aromatic nitrogens is 2. The fourth-order valence-electron chi connectivity index (χ4n) is 1.32. The van der Waals surface area contributed by atoms with E-state index >= 15 is 0 Å². The molecule has 16 heavy (non-hydrogen) atoms. The van der Waals surface area contributed by atoms with E-state index in [0.717, 1.165) is 5.56 Å². The molecule has 5 heteroatoms. The summed E-state index contributed by atoms with van der Waals surface area (Å²) >= 11 is 17.5. The van der Waals surface area contributed by atoms with Crippen LogP contribution in [0.5, 0.6) is 0 Å². The summed E-state index contributed by atoms with van der Waals surface area (Å²) in [7, 11) is 0. The van der Waals surface area contributed by atoms with Gasteiger partial charge in [0.1, 0.15) is 0 Å². The molecule has 0 saturated carbocycles. The molecule has 2 rings (SSSR count). The lowest BCUT2D eigenvalue weighted by Gasteiger charge is -1.99. The molecule has 0 aliphatic carbocycles. The average Bonchev–Trinajstić information content (AvgIpc) is 2.24. The van der Waals surface area contributed by atoms with E-state index in [4.69, 9.17) is 34.8 Å². The van der Waals surface area contributed by atoms with Crippen LogP contribution in [0.15, 0.2) is 36.5 Å². The molecule has 1 heterocycles. The second-order valence-corrected chi connectivity index (χ2v) is 4.48. The molecule has 0 aliphatic rings. The van der Waals surface area contributed by atoms with E-state index in [1.54, 1.807) is 16.8 Å². The topological polar surface area (TPSA) is 16.8 Å². The molecular weight excluding hydrogens is 266 g/mol. The summed E-state index contributed by atoms with van der Waals surface area (Å²) < 4.78 is 1.74. The Bertz CT molecular complexity index is 514. The van der Waals surface area contributed by atoms with Crippen molar-refractivity contribution in [2.75, 3.05) is 0 Å². The van der Waals surface area contributed by atoms with Gasteiger partial charge in [-0.05, 0) is 18.2 Å². The van der Waals surface area contributed by atoms with Crippen LogP contribution in [-0.2, 0) is 6.54 Å². The van der Waals surface area contributed by atoms with Crippen LogP contribution in [0.25, 0.3) is 0 Å². The highest BCUT2D eigenvalue weighted by Crippen LogP contribution is 2.22. The first kappa shape index (κ1) is 11.6. The van der Waals surface area contributed by atoms with Gasteiger partial charge in [0.15, 0.2) is 17.9 Å². The summed E-state index contributed by atoms with van der Waals surface area (Å²) in [5.41, 5.74) is 1.02. The molecule has 1 aromatic carbocycles. The zero-order valence-electron chi connectivity index (χ0n) is 8.20. The van der Waals surface area contributed by atoms with Crippen LogP contribution >= 0.6 is 34.8 Å². The molecule has 2 nitrogen and oxygen atoms in total. The van der Waals surface area contributed by atoms with E-state index in [1.165, 1.54) is 0 Å². The summed E-state index contributed by atoms with van der Waals surface area (Å²) in [6.07, 6.45) is 1.84. The highest BCUT2D eigenvalue weighted by Gasteiger charge is 2.07. The normalized spacial score (nSPS) is 10.4. The van der Waals surface area contributed by atoms with Gasteiger partial charge in [0.25, 0.3) is 0 Å². The number of halogens is 3. The Morgan fingerprint density at radius 3 is 2.56 bits per heavy atom. The molecule has 0 unspecified atom stereocenters. The van der Waals surface area contributed by atoms with Gasteiger partial charge < -0.3 is 0 Å². The van der Waals surface area contributed by atoms with Crippen LogP contribution in [0.3, 0.4) is 0 Å². The standard InChI is InChI=1S/C11H8Cl3N2/c12-9-4-3-8(6-10(9)13)7-16-5-1-2-11(14)15-16/h1-6H,7H2/q+1. The maximum atomic E-state index is 5.92. The first-order chi connectivity index (χ1) is 7.65. The van der Waals surface area contributed by atoms with Crippen LogP contribution in [-0.4, -0.2) is 5.10 Å².